The van der Waals surface area contributed by atoms with Crippen LogP contribution in [-0.2, 0) is 11.3 Å². The Kier molecular flexibility index (Phi) is 7.64. The van der Waals surface area contributed by atoms with Gasteiger partial charge in [-0.05, 0) is 42.5 Å². The summed E-state index contributed by atoms with van der Waals surface area (Å²) in [6, 6.07) is 16.6. The van der Waals surface area contributed by atoms with Gasteiger partial charge in [-0.3, -0.25) is 14.4 Å². The molecule has 0 fully saturated rings. The second-order valence-corrected chi connectivity index (χ2v) is 8.34. The zero-order valence-electron chi connectivity index (χ0n) is 20.3. The number of hydrogen-bond acceptors (Lipinski definition) is 6. The summed E-state index contributed by atoms with van der Waals surface area (Å²) in [5.41, 5.74) is 0.796. The summed E-state index contributed by atoms with van der Waals surface area (Å²) in [5, 5.41) is 6.09. The van der Waals surface area contributed by atoms with E-state index < -0.39 is 17.2 Å². The minimum absolute atomic E-state index is 0.104. The van der Waals surface area contributed by atoms with E-state index in [0.29, 0.717) is 44.5 Å². The average Bonchev–Trinajstić information content (AvgIpc) is 2.91. The largest absolute Gasteiger partial charge is 0.497 e. The van der Waals surface area contributed by atoms with Crippen LogP contribution in [0.25, 0.3) is 10.9 Å². The van der Waals surface area contributed by atoms with Crippen LogP contribution < -0.4 is 30.3 Å². The molecule has 1 aromatic heterocycles. The average molecular weight is 522 g/mol. The van der Waals surface area contributed by atoms with Crippen molar-refractivity contribution in [2.75, 3.05) is 32.0 Å². The monoisotopic (exact) mass is 521 g/mol. The van der Waals surface area contributed by atoms with Crippen molar-refractivity contribution in [3.63, 3.8) is 0 Å². The summed E-state index contributed by atoms with van der Waals surface area (Å²) in [7, 11) is 4.48. The molecule has 0 aliphatic heterocycles. The number of benzene rings is 3. The molecular weight excluding hydrogens is 498 g/mol. The summed E-state index contributed by atoms with van der Waals surface area (Å²) < 4.78 is 17.2. The first-order valence-electron chi connectivity index (χ1n) is 11.1. The molecule has 0 atom stereocenters. The van der Waals surface area contributed by atoms with E-state index in [9.17, 15) is 14.4 Å². The van der Waals surface area contributed by atoms with E-state index >= 15 is 0 Å². The molecule has 0 saturated heterocycles. The van der Waals surface area contributed by atoms with E-state index in [2.05, 4.69) is 10.6 Å². The third-order valence-electron chi connectivity index (χ3n) is 5.64. The molecule has 0 spiro atoms. The van der Waals surface area contributed by atoms with Gasteiger partial charge in [-0.15, -0.1) is 0 Å². The van der Waals surface area contributed by atoms with Crippen LogP contribution in [0.1, 0.15) is 10.4 Å². The smallest absolute Gasteiger partial charge is 0.261 e. The van der Waals surface area contributed by atoms with Crippen LogP contribution >= 0.6 is 11.6 Å². The maximum atomic E-state index is 13.1. The van der Waals surface area contributed by atoms with E-state index in [4.69, 9.17) is 25.8 Å². The molecule has 4 aromatic rings. The van der Waals surface area contributed by atoms with Crippen LogP contribution in [0, 0.1) is 0 Å². The van der Waals surface area contributed by atoms with Crippen molar-refractivity contribution in [3.8, 4) is 17.2 Å². The highest BCUT2D eigenvalue weighted by molar-refractivity contribution is 6.32. The fourth-order valence-electron chi connectivity index (χ4n) is 3.81. The van der Waals surface area contributed by atoms with Gasteiger partial charge in [-0.1, -0.05) is 23.7 Å². The number of methoxy groups -OCH3 is 3. The van der Waals surface area contributed by atoms with Crippen LogP contribution in [0.15, 0.2) is 71.7 Å². The number of aromatic nitrogens is 1. The number of para-hydroxylation sites is 1. The Labute approximate surface area is 217 Å². The summed E-state index contributed by atoms with van der Waals surface area (Å²) >= 11 is 6.21. The molecule has 1 heterocycles. The predicted molar refractivity (Wildman–Crippen MR) is 142 cm³/mol. The SMILES string of the molecule is COc1ccc(NC(=O)c2cn(CC(=O)Nc3cc(Cl)c(OC)cc3OC)c3ccccc3c2=O)cc1. The summed E-state index contributed by atoms with van der Waals surface area (Å²) in [5.74, 6) is 0.370. The van der Waals surface area contributed by atoms with Crippen LogP contribution in [0.5, 0.6) is 17.2 Å². The number of anilines is 2. The highest BCUT2D eigenvalue weighted by atomic mass is 35.5. The fraction of sp³-hybridized carbons (Fsp3) is 0.148. The minimum atomic E-state index is -0.598. The molecule has 2 N–H and O–H groups in total. The fourth-order valence-corrected chi connectivity index (χ4v) is 4.05. The van der Waals surface area contributed by atoms with Crippen molar-refractivity contribution >= 4 is 45.7 Å². The summed E-state index contributed by atoms with van der Waals surface area (Å²) in [4.78, 5) is 39.2. The van der Waals surface area contributed by atoms with Gasteiger partial charge in [0.05, 0.1) is 37.6 Å². The highest BCUT2D eigenvalue weighted by Gasteiger charge is 2.18. The number of rotatable bonds is 8. The van der Waals surface area contributed by atoms with Crippen molar-refractivity contribution in [1.82, 2.24) is 4.57 Å². The van der Waals surface area contributed by atoms with Crippen LogP contribution in [-0.4, -0.2) is 37.7 Å². The number of carbonyl (C=O) groups excluding carboxylic acids is 2. The van der Waals surface area contributed by atoms with E-state index in [0.717, 1.165) is 0 Å². The molecule has 9 nitrogen and oxygen atoms in total. The standard InChI is InChI=1S/C27H24ClN3O6/c1-35-17-10-8-16(9-11-17)29-27(34)19-14-31(22-7-5-4-6-18(22)26(19)33)15-25(32)30-21-12-20(28)23(36-2)13-24(21)37-3/h4-14H,15H2,1-3H3,(H,29,34)(H,30,32). The Morgan fingerprint density at radius 2 is 1.59 bits per heavy atom. The number of nitrogens with zero attached hydrogens (tertiary/aromatic N) is 1. The number of carbonyl (C=O) groups is 2. The second kappa shape index (κ2) is 11.0. The van der Waals surface area contributed by atoms with Gasteiger partial charge in [0.15, 0.2) is 0 Å². The molecule has 3 aromatic carbocycles. The first-order valence-corrected chi connectivity index (χ1v) is 11.5. The first-order chi connectivity index (χ1) is 17.8. The molecule has 0 aliphatic carbocycles. The van der Waals surface area contributed by atoms with E-state index in [1.54, 1.807) is 66.3 Å². The lowest BCUT2D eigenvalue weighted by atomic mass is 10.1. The Balaban J connectivity index is 1.65. The molecule has 190 valence electrons. The van der Waals surface area contributed by atoms with Crippen molar-refractivity contribution < 1.29 is 23.8 Å². The lowest BCUT2D eigenvalue weighted by Crippen LogP contribution is -2.26. The zero-order valence-corrected chi connectivity index (χ0v) is 21.1. The quantitative estimate of drug-likeness (QED) is 0.351. The Morgan fingerprint density at radius 1 is 0.892 bits per heavy atom. The van der Waals surface area contributed by atoms with Crippen molar-refractivity contribution in [3.05, 3.63) is 87.7 Å². The van der Waals surface area contributed by atoms with Crippen molar-refractivity contribution in [2.24, 2.45) is 0 Å². The second-order valence-electron chi connectivity index (χ2n) is 7.93. The van der Waals surface area contributed by atoms with Gasteiger partial charge in [0.1, 0.15) is 29.4 Å². The molecule has 37 heavy (non-hydrogen) atoms. The zero-order chi connectivity index (χ0) is 26.5. The lowest BCUT2D eigenvalue weighted by Gasteiger charge is -2.16. The Bertz CT molecular complexity index is 1530. The molecule has 0 aliphatic rings. The predicted octanol–water partition coefficient (Wildman–Crippen LogP) is 4.57. The van der Waals surface area contributed by atoms with Gasteiger partial charge in [-0.25, -0.2) is 0 Å². The van der Waals surface area contributed by atoms with Gasteiger partial charge in [0.25, 0.3) is 5.91 Å². The molecule has 4 rings (SSSR count). The number of amides is 2. The lowest BCUT2D eigenvalue weighted by molar-refractivity contribution is -0.116. The number of halogens is 1. The maximum Gasteiger partial charge on any atom is 0.261 e. The van der Waals surface area contributed by atoms with Crippen molar-refractivity contribution in [2.45, 2.75) is 6.54 Å². The van der Waals surface area contributed by atoms with E-state index in [1.807, 2.05) is 0 Å². The van der Waals surface area contributed by atoms with Crippen LogP contribution in [0.3, 0.4) is 0 Å². The van der Waals surface area contributed by atoms with Crippen molar-refractivity contribution in [1.29, 1.82) is 0 Å². The Morgan fingerprint density at radius 3 is 2.27 bits per heavy atom. The highest BCUT2D eigenvalue weighted by Crippen LogP contribution is 2.35. The van der Waals surface area contributed by atoms with Gasteiger partial charge in [-0.2, -0.15) is 0 Å². The van der Waals surface area contributed by atoms with E-state index in [1.165, 1.54) is 26.5 Å². The van der Waals surface area contributed by atoms with Gasteiger partial charge >= 0.3 is 0 Å². The molecular formula is C27H24ClN3O6. The summed E-state index contributed by atoms with van der Waals surface area (Å²) in [6.45, 7) is -0.184. The normalized spacial score (nSPS) is 10.6. The minimum Gasteiger partial charge on any atom is -0.497 e. The molecule has 0 bridgehead atoms. The number of pyridine rings is 1. The summed E-state index contributed by atoms with van der Waals surface area (Å²) in [6.07, 6.45) is 1.38. The van der Waals surface area contributed by atoms with E-state index in [-0.39, 0.29) is 12.1 Å². The molecule has 0 radical (unpaired) electrons. The van der Waals surface area contributed by atoms with Crippen LogP contribution in [0.4, 0.5) is 11.4 Å². The van der Waals surface area contributed by atoms with Gasteiger partial charge in [0, 0.05) is 23.3 Å². The topological polar surface area (TPSA) is 108 Å². The number of nitrogens with one attached hydrogen (secondary N) is 2. The maximum absolute atomic E-state index is 13.1. The van der Waals surface area contributed by atoms with Crippen LogP contribution in [0.2, 0.25) is 5.02 Å². The van der Waals surface area contributed by atoms with Gasteiger partial charge < -0.3 is 29.4 Å². The Hall–Kier alpha value is -4.50. The number of fused-ring (bicyclic) bond motifs is 1. The molecule has 0 saturated carbocycles. The van der Waals surface area contributed by atoms with Gasteiger partial charge in [0.2, 0.25) is 11.3 Å². The number of ether oxygens (including phenoxy) is 3. The number of hydrogen-bond donors (Lipinski definition) is 2. The molecule has 10 heteroatoms. The third-order valence-corrected chi connectivity index (χ3v) is 5.94. The molecule has 2 amide bonds. The molecule has 0 unspecified atom stereocenters. The first kappa shape index (κ1) is 25.6. The third kappa shape index (κ3) is 5.52.